The molecule has 1 saturated heterocycles. The average Bonchev–Trinajstić information content (AvgIpc) is 2.53. The molecule has 1 heterocycles. The number of alkyl carbamates (subject to hydrolysis) is 1. The third-order valence-electron chi connectivity index (χ3n) is 3.61. The van der Waals surface area contributed by atoms with Gasteiger partial charge in [-0.1, -0.05) is 0 Å². The van der Waals surface area contributed by atoms with Crippen molar-refractivity contribution in [2.24, 2.45) is 0 Å². The van der Waals surface area contributed by atoms with Crippen LogP contribution in [0.2, 0.25) is 0 Å². The van der Waals surface area contributed by atoms with Crippen LogP contribution in [0.4, 0.5) is 4.79 Å². The van der Waals surface area contributed by atoms with E-state index in [1.165, 1.54) is 0 Å². The van der Waals surface area contributed by atoms with Crippen molar-refractivity contribution < 1.29 is 9.53 Å². The number of carbonyl (C=O) groups is 1. The van der Waals surface area contributed by atoms with Gasteiger partial charge in [0.2, 0.25) is 0 Å². The molecule has 1 amide bonds. The van der Waals surface area contributed by atoms with Crippen LogP contribution in [0.1, 0.15) is 40.0 Å². The quantitative estimate of drug-likeness (QED) is 0.709. The fourth-order valence-electron chi connectivity index (χ4n) is 2.83. The molecule has 2 N–H and O–H groups in total. The van der Waals surface area contributed by atoms with Gasteiger partial charge in [0.25, 0.3) is 0 Å². The summed E-state index contributed by atoms with van der Waals surface area (Å²) in [6.07, 6.45) is 2.55. The molecule has 1 aliphatic carbocycles. The van der Waals surface area contributed by atoms with Crippen LogP contribution in [0.25, 0.3) is 0 Å². The maximum atomic E-state index is 11.9. The molecule has 2 aliphatic rings. The molecular weight excluding hydrogens is 240 g/mol. The van der Waals surface area contributed by atoms with Crippen LogP contribution in [0, 0.1) is 0 Å². The van der Waals surface area contributed by atoms with Gasteiger partial charge >= 0.3 is 6.09 Å². The topological polar surface area (TPSA) is 50.4 Å². The Labute approximate surface area is 107 Å². The van der Waals surface area contributed by atoms with Gasteiger partial charge in [-0.3, -0.25) is 0 Å². The molecule has 4 nitrogen and oxygen atoms in total. The Balaban J connectivity index is 2.05. The van der Waals surface area contributed by atoms with Gasteiger partial charge in [-0.25, -0.2) is 4.79 Å². The predicted octanol–water partition coefficient (Wildman–Crippen LogP) is 2.01. The highest BCUT2D eigenvalue weighted by Crippen LogP contribution is 2.46. The number of carbonyl (C=O) groups excluding carboxylic acids is 1. The molecule has 0 unspecified atom stereocenters. The van der Waals surface area contributed by atoms with Crippen LogP contribution in [0.15, 0.2) is 0 Å². The lowest BCUT2D eigenvalue weighted by Gasteiger charge is -2.36. The molecule has 1 aliphatic heterocycles. The minimum absolute atomic E-state index is 0.336. The Bertz CT molecular complexity index is 315. The van der Waals surface area contributed by atoms with Crippen molar-refractivity contribution in [3.05, 3.63) is 0 Å². The lowest BCUT2D eigenvalue weighted by molar-refractivity contribution is 0.0456. The Morgan fingerprint density at radius 1 is 1.35 bits per heavy atom. The zero-order chi connectivity index (χ0) is 12.7. The van der Waals surface area contributed by atoms with Crippen LogP contribution >= 0.6 is 11.6 Å². The Kier molecular flexibility index (Phi) is 3.07. The van der Waals surface area contributed by atoms with E-state index >= 15 is 0 Å². The van der Waals surface area contributed by atoms with E-state index in [-0.39, 0.29) is 16.5 Å². The van der Waals surface area contributed by atoms with Crippen LogP contribution in [0.5, 0.6) is 0 Å². The lowest BCUT2D eigenvalue weighted by atomic mass is 9.90. The summed E-state index contributed by atoms with van der Waals surface area (Å²) in [6, 6.07) is 0. The van der Waals surface area contributed by atoms with E-state index in [4.69, 9.17) is 16.3 Å². The molecule has 2 fully saturated rings. The molecule has 0 aromatic heterocycles. The molecular formula is C12H21ClN2O2. The standard InChI is InChI=1S/C12H21ClN2O2/c1-10(2,3)17-9(16)15-12-6-4-5-11(12,13)7-14-8-12/h14H,4-8H2,1-3H3,(H,15,16)/t11-,12-/m1/s1. The summed E-state index contributed by atoms with van der Waals surface area (Å²) in [5, 5.41) is 6.27. The Hall–Kier alpha value is -0.480. The van der Waals surface area contributed by atoms with Gasteiger partial charge in [0.05, 0.1) is 10.4 Å². The van der Waals surface area contributed by atoms with Crippen LogP contribution < -0.4 is 10.6 Å². The number of rotatable bonds is 1. The SMILES string of the molecule is CC(C)(C)OC(=O)N[C@@]12CCC[C@@]1(Cl)CNC2. The van der Waals surface area contributed by atoms with Gasteiger partial charge in [-0.15, -0.1) is 11.6 Å². The van der Waals surface area contributed by atoms with Crippen molar-refractivity contribution in [2.45, 2.75) is 56.0 Å². The van der Waals surface area contributed by atoms with Crippen LogP contribution in [0.3, 0.4) is 0 Å². The molecule has 0 bridgehead atoms. The van der Waals surface area contributed by atoms with Crippen LogP contribution in [-0.2, 0) is 4.74 Å². The van der Waals surface area contributed by atoms with Crippen molar-refractivity contribution in [3.63, 3.8) is 0 Å². The summed E-state index contributed by atoms with van der Waals surface area (Å²) >= 11 is 6.61. The van der Waals surface area contributed by atoms with Gasteiger partial charge in [0.1, 0.15) is 5.60 Å². The number of ether oxygens (including phenoxy) is 1. The van der Waals surface area contributed by atoms with Gasteiger partial charge < -0.3 is 15.4 Å². The van der Waals surface area contributed by atoms with E-state index in [2.05, 4.69) is 10.6 Å². The minimum Gasteiger partial charge on any atom is -0.444 e. The van der Waals surface area contributed by atoms with E-state index in [0.717, 1.165) is 32.4 Å². The third kappa shape index (κ3) is 2.38. The van der Waals surface area contributed by atoms with E-state index < -0.39 is 5.60 Å². The van der Waals surface area contributed by atoms with Gasteiger partial charge in [0, 0.05) is 13.1 Å². The van der Waals surface area contributed by atoms with E-state index in [9.17, 15) is 4.79 Å². The first-order valence-electron chi connectivity index (χ1n) is 6.17. The van der Waals surface area contributed by atoms with Crippen LogP contribution in [-0.4, -0.2) is 35.2 Å². The Morgan fingerprint density at radius 2 is 2.06 bits per heavy atom. The first-order chi connectivity index (χ1) is 7.77. The number of amides is 1. The molecule has 0 radical (unpaired) electrons. The summed E-state index contributed by atoms with van der Waals surface area (Å²) in [7, 11) is 0. The monoisotopic (exact) mass is 260 g/mol. The number of hydrogen-bond donors (Lipinski definition) is 2. The second-order valence-electron chi connectivity index (χ2n) is 6.13. The number of hydrogen-bond acceptors (Lipinski definition) is 3. The largest absolute Gasteiger partial charge is 0.444 e. The summed E-state index contributed by atoms with van der Waals surface area (Å²) in [5.41, 5.74) is -0.808. The van der Waals surface area contributed by atoms with Crippen molar-refractivity contribution >= 4 is 17.7 Å². The summed E-state index contributed by atoms with van der Waals surface area (Å²) in [5.74, 6) is 0. The van der Waals surface area contributed by atoms with E-state index in [1.54, 1.807) is 0 Å². The smallest absolute Gasteiger partial charge is 0.408 e. The number of nitrogens with one attached hydrogen (secondary N) is 2. The number of alkyl halides is 1. The van der Waals surface area contributed by atoms with Crippen molar-refractivity contribution in [1.82, 2.24) is 10.6 Å². The molecule has 98 valence electrons. The molecule has 17 heavy (non-hydrogen) atoms. The summed E-state index contributed by atoms with van der Waals surface area (Å²) < 4.78 is 5.31. The minimum atomic E-state index is -0.472. The molecule has 1 saturated carbocycles. The average molecular weight is 261 g/mol. The zero-order valence-electron chi connectivity index (χ0n) is 10.7. The fourth-order valence-corrected chi connectivity index (χ4v) is 3.27. The first-order valence-corrected chi connectivity index (χ1v) is 6.55. The highest BCUT2D eigenvalue weighted by Gasteiger charge is 2.58. The molecule has 5 heteroatoms. The van der Waals surface area contributed by atoms with Gasteiger partial charge in [-0.2, -0.15) is 0 Å². The van der Waals surface area contributed by atoms with Crippen molar-refractivity contribution in [3.8, 4) is 0 Å². The molecule has 0 aromatic carbocycles. The molecule has 0 aromatic rings. The third-order valence-corrected chi connectivity index (χ3v) is 4.29. The van der Waals surface area contributed by atoms with E-state index in [0.29, 0.717) is 0 Å². The highest BCUT2D eigenvalue weighted by molar-refractivity contribution is 6.25. The molecule has 2 atom stereocenters. The normalized spacial score (nSPS) is 36.7. The maximum Gasteiger partial charge on any atom is 0.408 e. The first kappa shape index (κ1) is 13.0. The number of fused-ring (bicyclic) bond motifs is 1. The summed E-state index contributed by atoms with van der Waals surface area (Å²) in [6.45, 7) is 7.07. The van der Waals surface area contributed by atoms with E-state index in [1.807, 2.05) is 20.8 Å². The lowest BCUT2D eigenvalue weighted by Crippen LogP contribution is -2.59. The number of halogens is 1. The summed E-state index contributed by atoms with van der Waals surface area (Å²) in [4.78, 5) is 11.5. The second kappa shape index (κ2) is 4.02. The Morgan fingerprint density at radius 3 is 2.71 bits per heavy atom. The van der Waals surface area contributed by atoms with Gasteiger partial charge in [0.15, 0.2) is 0 Å². The predicted molar refractivity (Wildman–Crippen MR) is 67.4 cm³/mol. The maximum absolute atomic E-state index is 11.9. The molecule has 2 rings (SSSR count). The second-order valence-corrected chi connectivity index (χ2v) is 6.85. The highest BCUT2D eigenvalue weighted by atomic mass is 35.5. The fraction of sp³-hybridized carbons (Fsp3) is 0.917. The van der Waals surface area contributed by atoms with Gasteiger partial charge in [-0.05, 0) is 40.0 Å². The molecule has 0 spiro atoms. The van der Waals surface area contributed by atoms with Crippen molar-refractivity contribution in [1.29, 1.82) is 0 Å². The van der Waals surface area contributed by atoms with Crippen molar-refractivity contribution in [2.75, 3.05) is 13.1 Å². The zero-order valence-corrected chi connectivity index (χ0v) is 11.5.